The summed E-state index contributed by atoms with van der Waals surface area (Å²) in [6.45, 7) is 3.10. The third kappa shape index (κ3) is 3.07. The Bertz CT molecular complexity index is 546. The Morgan fingerprint density at radius 3 is 2.76 bits per heavy atom. The van der Waals surface area contributed by atoms with Crippen LogP contribution in [0.25, 0.3) is 0 Å². The van der Waals surface area contributed by atoms with E-state index >= 15 is 0 Å². The van der Waals surface area contributed by atoms with Crippen LogP contribution in [0.4, 0.5) is 20.2 Å². The average Bonchev–Trinajstić information content (AvgIpc) is 2.89. The van der Waals surface area contributed by atoms with Gasteiger partial charge in [-0.1, -0.05) is 0 Å². The summed E-state index contributed by atoms with van der Waals surface area (Å²) in [6.07, 6.45) is 0.657. The summed E-state index contributed by atoms with van der Waals surface area (Å²) >= 11 is 0. The van der Waals surface area contributed by atoms with Crippen molar-refractivity contribution in [1.29, 1.82) is 0 Å². The van der Waals surface area contributed by atoms with E-state index < -0.39 is 11.6 Å². The Hall–Kier alpha value is -1.89. The minimum atomic E-state index is -0.617. The maximum absolute atomic E-state index is 13.6. The van der Waals surface area contributed by atoms with E-state index in [1.165, 1.54) is 6.07 Å². The molecule has 7 heteroatoms. The normalized spacial score (nSPS) is 20.7. The van der Waals surface area contributed by atoms with Crippen LogP contribution in [-0.4, -0.2) is 43.2 Å². The molecular formula is C14H18F2N4O. The van der Waals surface area contributed by atoms with E-state index in [4.69, 9.17) is 0 Å². The zero-order valence-corrected chi connectivity index (χ0v) is 11.6. The van der Waals surface area contributed by atoms with Gasteiger partial charge in [-0.2, -0.15) is 0 Å². The highest BCUT2D eigenvalue weighted by Gasteiger charge is 2.25. The van der Waals surface area contributed by atoms with Crippen molar-refractivity contribution in [1.82, 2.24) is 10.2 Å². The van der Waals surface area contributed by atoms with Gasteiger partial charge in [0, 0.05) is 38.7 Å². The van der Waals surface area contributed by atoms with Gasteiger partial charge in [-0.25, -0.2) is 8.78 Å². The number of hydrogen-bond acceptors (Lipinski definition) is 4. The highest BCUT2D eigenvalue weighted by molar-refractivity contribution is 5.78. The summed E-state index contributed by atoms with van der Waals surface area (Å²) in [5, 5.41) is 9.15. The first-order chi connectivity index (χ1) is 10.1. The van der Waals surface area contributed by atoms with E-state index in [2.05, 4.69) is 16.0 Å². The highest BCUT2D eigenvalue weighted by atomic mass is 19.1. The predicted octanol–water partition coefficient (Wildman–Crippen LogP) is 1.34. The van der Waals surface area contributed by atoms with Gasteiger partial charge in [0.25, 0.3) is 0 Å². The molecule has 0 spiro atoms. The van der Waals surface area contributed by atoms with Crippen LogP contribution in [0.1, 0.15) is 12.8 Å². The minimum absolute atomic E-state index is 0.0997. The number of halogens is 2. The zero-order chi connectivity index (χ0) is 14.8. The predicted molar refractivity (Wildman–Crippen MR) is 76.1 cm³/mol. The van der Waals surface area contributed by atoms with E-state index in [1.807, 2.05) is 4.90 Å². The van der Waals surface area contributed by atoms with Gasteiger partial charge in [0.1, 0.15) is 5.82 Å². The number of benzene rings is 1. The summed E-state index contributed by atoms with van der Waals surface area (Å²) < 4.78 is 26.7. The number of hydrogen-bond donors (Lipinski definition) is 3. The van der Waals surface area contributed by atoms with Crippen molar-refractivity contribution in [2.75, 3.05) is 36.8 Å². The summed E-state index contributed by atoms with van der Waals surface area (Å²) in [4.78, 5) is 13.9. The van der Waals surface area contributed by atoms with Crippen molar-refractivity contribution in [2.45, 2.75) is 19.0 Å². The first-order valence-corrected chi connectivity index (χ1v) is 7.14. The van der Waals surface area contributed by atoms with Gasteiger partial charge in [-0.3, -0.25) is 4.79 Å². The Labute approximate surface area is 121 Å². The SMILES string of the molecule is O=C(CCC1Nc2cc(F)cc(F)c2N1)N1CCNCC1. The van der Waals surface area contributed by atoms with Gasteiger partial charge in [0.15, 0.2) is 5.82 Å². The van der Waals surface area contributed by atoms with Crippen LogP contribution in [0, 0.1) is 11.6 Å². The van der Waals surface area contributed by atoms with Crippen LogP contribution in [0.2, 0.25) is 0 Å². The molecule has 3 rings (SSSR count). The van der Waals surface area contributed by atoms with Crippen LogP contribution < -0.4 is 16.0 Å². The number of carbonyl (C=O) groups excluding carboxylic acids is 1. The minimum Gasteiger partial charge on any atom is -0.363 e. The van der Waals surface area contributed by atoms with Crippen molar-refractivity contribution in [2.24, 2.45) is 0 Å². The summed E-state index contributed by atoms with van der Waals surface area (Å²) in [7, 11) is 0. The molecule has 0 radical (unpaired) electrons. The molecule has 1 saturated heterocycles. The molecule has 3 N–H and O–H groups in total. The quantitative estimate of drug-likeness (QED) is 0.788. The largest absolute Gasteiger partial charge is 0.363 e. The second-order valence-electron chi connectivity index (χ2n) is 5.32. The van der Waals surface area contributed by atoms with Gasteiger partial charge >= 0.3 is 0 Å². The number of nitrogens with zero attached hydrogens (tertiary/aromatic N) is 1. The van der Waals surface area contributed by atoms with Crippen LogP contribution in [-0.2, 0) is 4.79 Å². The number of piperazine rings is 1. The van der Waals surface area contributed by atoms with Crippen LogP contribution in [0.5, 0.6) is 0 Å². The van der Waals surface area contributed by atoms with Gasteiger partial charge in [-0.05, 0) is 12.5 Å². The summed E-state index contributed by atoms with van der Waals surface area (Å²) in [5.74, 6) is -1.13. The summed E-state index contributed by atoms with van der Waals surface area (Å²) in [6, 6.07) is 2.10. The molecule has 1 fully saturated rings. The monoisotopic (exact) mass is 296 g/mol. The lowest BCUT2D eigenvalue weighted by Gasteiger charge is -2.27. The number of rotatable bonds is 3. The molecule has 1 aromatic rings. The molecule has 0 aliphatic carbocycles. The van der Waals surface area contributed by atoms with E-state index in [1.54, 1.807) is 0 Å². The van der Waals surface area contributed by atoms with Crippen molar-refractivity contribution >= 4 is 17.3 Å². The molecule has 1 atom stereocenters. The fourth-order valence-corrected chi connectivity index (χ4v) is 2.72. The van der Waals surface area contributed by atoms with Gasteiger partial charge in [0.05, 0.1) is 17.5 Å². The molecule has 1 unspecified atom stereocenters. The number of carbonyl (C=O) groups is 1. The molecule has 114 valence electrons. The lowest BCUT2D eigenvalue weighted by atomic mass is 10.2. The first kappa shape index (κ1) is 14.1. The van der Waals surface area contributed by atoms with Gasteiger partial charge < -0.3 is 20.9 Å². The van der Waals surface area contributed by atoms with Crippen LogP contribution in [0.15, 0.2) is 12.1 Å². The molecule has 2 aliphatic rings. The third-order valence-electron chi connectivity index (χ3n) is 3.82. The molecule has 2 heterocycles. The topological polar surface area (TPSA) is 56.4 Å². The Balaban J connectivity index is 1.54. The Morgan fingerprint density at radius 1 is 1.24 bits per heavy atom. The number of nitrogens with one attached hydrogen (secondary N) is 3. The van der Waals surface area contributed by atoms with Gasteiger partial charge in [0.2, 0.25) is 5.91 Å². The molecule has 0 aromatic heterocycles. The van der Waals surface area contributed by atoms with E-state index in [0.29, 0.717) is 18.5 Å². The van der Waals surface area contributed by atoms with Gasteiger partial charge in [-0.15, -0.1) is 0 Å². The maximum atomic E-state index is 13.6. The fourth-order valence-electron chi connectivity index (χ4n) is 2.72. The Kier molecular flexibility index (Phi) is 3.92. The van der Waals surface area contributed by atoms with Crippen LogP contribution >= 0.6 is 0 Å². The van der Waals surface area contributed by atoms with E-state index in [0.717, 1.165) is 32.2 Å². The van der Waals surface area contributed by atoms with Crippen molar-refractivity contribution in [3.8, 4) is 0 Å². The highest BCUT2D eigenvalue weighted by Crippen LogP contribution is 2.33. The lowest BCUT2D eigenvalue weighted by molar-refractivity contribution is -0.131. The first-order valence-electron chi connectivity index (χ1n) is 7.14. The number of amides is 1. The number of anilines is 2. The van der Waals surface area contributed by atoms with Crippen LogP contribution in [0.3, 0.4) is 0 Å². The molecule has 0 bridgehead atoms. The molecule has 1 amide bonds. The number of fused-ring (bicyclic) bond motifs is 1. The van der Waals surface area contributed by atoms with E-state index in [9.17, 15) is 13.6 Å². The smallest absolute Gasteiger partial charge is 0.222 e. The molecule has 0 saturated carbocycles. The summed E-state index contributed by atoms with van der Waals surface area (Å²) in [5.41, 5.74) is 0.683. The molecule has 2 aliphatic heterocycles. The second-order valence-corrected chi connectivity index (χ2v) is 5.32. The lowest BCUT2D eigenvalue weighted by Crippen LogP contribution is -2.46. The van der Waals surface area contributed by atoms with Crippen molar-refractivity contribution < 1.29 is 13.6 Å². The average molecular weight is 296 g/mol. The molecule has 21 heavy (non-hydrogen) atoms. The second kappa shape index (κ2) is 5.85. The molecule has 5 nitrogen and oxygen atoms in total. The third-order valence-corrected chi connectivity index (χ3v) is 3.82. The zero-order valence-electron chi connectivity index (χ0n) is 11.6. The van der Waals surface area contributed by atoms with E-state index in [-0.39, 0.29) is 17.8 Å². The Morgan fingerprint density at radius 2 is 2.00 bits per heavy atom. The fraction of sp³-hybridized carbons (Fsp3) is 0.500. The molecular weight excluding hydrogens is 278 g/mol. The molecule has 1 aromatic carbocycles. The standard InChI is InChI=1S/C14H18F2N4O/c15-9-7-10(16)14-11(8-9)18-12(19-14)1-2-13(21)20-5-3-17-4-6-20/h7-8,12,17-19H,1-6H2. The maximum Gasteiger partial charge on any atom is 0.222 e. The van der Waals surface area contributed by atoms with Crippen molar-refractivity contribution in [3.05, 3.63) is 23.8 Å². The van der Waals surface area contributed by atoms with Crippen molar-refractivity contribution in [3.63, 3.8) is 0 Å².